The average Bonchev–Trinajstić information content (AvgIpc) is 2.22. The van der Waals surface area contributed by atoms with Gasteiger partial charge in [0, 0.05) is 22.6 Å². The monoisotopic (exact) mass is 496 g/mol. The summed E-state index contributed by atoms with van der Waals surface area (Å²) < 4.78 is 179. The molecule has 0 saturated heterocycles. The van der Waals surface area contributed by atoms with Gasteiger partial charge in [-0.2, -0.15) is 61.5 Å². The predicted octanol–water partition coefficient (Wildman–Crippen LogP) is 5.75. The second-order valence-electron chi connectivity index (χ2n) is 3.87. The Labute approximate surface area is 129 Å². The quantitative estimate of drug-likeness (QED) is 0.264. The highest BCUT2D eigenvalue weighted by atomic mass is 127. The van der Waals surface area contributed by atoms with Crippen LogP contribution in [0.5, 0.6) is 0 Å². The van der Waals surface area contributed by atoms with Crippen LogP contribution in [0.3, 0.4) is 0 Å². The first-order valence-electron chi connectivity index (χ1n) is 4.52. The summed E-state index contributed by atoms with van der Waals surface area (Å²) in [4.78, 5) is 0. The SMILES string of the molecule is FC(F)(F)C(F)(F)C(F)(F)C(F)(F)C(F)(C(F)(F)F)C(F)(F)I. The molecule has 140 valence electrons. The summed E-state index contributed by atoms with van der Waals surface area (Å²) in [6, 6.07) is 0. The Morgan fingerprint density at radius 1 is 0.391 bits per heavy atom. The first-order valence-corrected chi connectivity index (χ1v) is 5.60. The van der Waals surface area contributed by atoms with Crippen molar-refractivity contribution in [2.75, 3.05) is 0 Å². The third kappa shape index (κ3) is 2.91. The van der Waals surface area contributed by atoms with Gasteiger partial charge in [-0.05, 0) is 0 Å². The van der Waals surface area contributed by atoms with E-state index in [0.29, 0.717) is 0 Å². The van der Waals surface area contributed by atoms with Gasteiger partial charge in [0.25, 0.3) is 0 Å². The van der Waals surface area contributed by atoms with E-state index in [9.17, 15) is 65.9 Å². The largest absolute Gasteiger partial charge is 0.460 e. The standard InChI is InChI=1S/C7F15I/c8-1(5(15,16)17,7(21,22)23)2(9,10)3(11,12)4(13,14)6(18,19)20. The molecular weight excluding hydrogens is 496 g/mol. The molecule has 0 aliphatic carbocycles. The maximum Gasteiger partial charge on any atom is 0.460 e. The molecule has 0 rings (SSSR count). The van der Waals surface area contributed by atoms with Crippen LogP contribution in [0.25, 0.3) is 0 Å². The van der Waals surface area contributed by atoms with Crippen LogP contribution in [0.2, 0.25) is 0 Å². The van der Waals surface area contributed by atoms with Crippen molar-refractivity contribution in [3.8, 4) is 0 Å². The first kappa shape index (κ1) is 22.7. The van der Waals surface area contributed by atoms with Gasteiger partial charge in [0.2, 0.25) is 0 Å². The molecule has 0 heterocycles. The van der Waals surface area contributed by atoms with E-state index in [-0.39, 0.29) is 0 Å². The van der Waals surface area contributed by atoms with Gasteiger partial charge in [-0.1, -0.05) is 0 Å². The lowest BCUT2D eigenvalue weighted by Crippen LogP contribution is -2.74. The van der Waals surface area contributed by atoms with E-state index in [0.717, 1.165) is 0 Å². The smallest absolute Gasteiger partial charge is 0.219 e. The van der Waals surface area contributed by atoms with Crippen molar-refractivity contribution < 1.29 is 65.9 Å². The van der Waals surface area contributed by atoms with Gasteiger partial charge >= 0.3 is 39.7 Å². The molecule has 0 aliphatic heterocycles. The van der Waals surface area contributed by atoms with E-state index in [1.165, 1.54) is 0 Å². The van der Waals surface area contributed by atoms with Crippen molar-refractivity contribution in [1.82, 2.24) is 0 Å². The van der Waals surface area contributed by atoms with E-state index >= 15 is 0 Å². The molecule has 0 aliphatic rings. The highest BCUT2D eigenvalue weighted by Gasteiger charge is 2.94. The van der Waals surface area contributed by atoms with Crippen LogP contribution in [0, 0.1) is 0 Å². The summed E-state index contributed by atoms with van der Waals surface area (Å²) in [5.74, 6) is -24.3. The zero-order chi connectivity index (χ0) is 19.5. The minimum Gasteiger partial charge on any atom is -0.219 e. The Kier molecular flexibility index (Phi) is 5.26. The molecule has 0 spiro atoms. The zero-order valence-electron chi connectivity index (χ0n) is 9.55. The molecule has 0 amide bonds. The van der Waals surface area contributed by atoms with E-state index in [1.54, 1.807) is 0 Å². The molecule has 0 saturated carbocycles. The number of hydrogen-bond acceptors (Lipinski definition) is 0. The van der Waals surface area contributed by atoms with E-state index in [2.05, 4.69) is 0 Å². The summed E-state index contributed by atoms with van der Waals surface area (Å²) in [5, 5.41) is 0. The van der Waals surface area contributed by atoms with Crippen LogP contribution >= 0.6 is 22.6 Å². The number of halogens is 16. The summed E-state index contributed by atoms with van der Waals surface area (Å²) in [6.45, 7) is 0. The average molecular weight is 496 g/mol. The van der Waals surface area contributed by atoms with E-state index < -0.39 is 62.3 Å². The first-order chi connectivity index (χ1) is 9.50. The van der Waals surface area contributed by atoms with Crippen molar-refractivity contribution in [1.29, 1.82) is 0 Å². The van der Waals surface area contributed by atoms with Crippen molar-refractivity contribution in [3.63, 3.8) is 0 Å². The third-order valence-electron chi connectivity index (χ3n) is 2.36. The van der Waals surface area contributed by atoms with Crippen molar-refractivity contribution in [2.45, 2.75) is 39.7 Å². The van der Waals surface area contributed by atoms with Crippen molar-refractivity contribution in [3.05, 3.63) is 0 Å². The van der Waals surface area contributed by atoms with Crippen LogP contribution in [0.15, 0.2) is 0 Å². The summed E-state index contributed by atoms with van der Waals surface area (Å²) in [7, 11) is 0. The Morgan fingerprint density at radius 2 is 0.696 bits per heavy atom. The lowest BCUT2D eigenvalue weighted by molar-refractivity contribution is -0.443. The molecule has 23 heavy (non-hydrogen) atoms. The van der Waals surface area contributed by atoms with Crippen LogP contribution < -0.4 is 0 Å². The maximum absolute atomic E-state index is 13.2. The molecule has 0 radical (unpaired) electrons. The molecule has 0 aromatic rings. The Balaban J connectivity index is 6.65. The van der Waals surface area contributed by atoms with Gasteiger partial charge in [0.1, 0.15) is 0 Å². The Morgan fingerprint density at radius 3 is 0.870 bits per heavy atom. The lowest BCUT2D eigenvalue weighted by Gasteiger charge is -2.42. The van der Waals surface area contributed by atoms with Crippen LogP contribution in [0.4, 0.5) is 65.9 Å². The van der Waals surface area contributed by atoms with Crippen LogP contribution in [-0.4, -0.2) is 39.7 Å². The van der Waals surface area contributed by atoms with Gasteiger partial charge in [-0.25, -0.2) is 4.39 Å². The normalized spacial score (nSPS) is 18.8. The fourth-order valence-electron chi connectivity index (χ4n) is 1.11. The van der Waals surface area contributed by atoms with E-state index in [1.807, 2.05) is 0 Å². The minimum absolute atomic E-state index is 1.07. The van der Waals surface area contributed by atoms with Gasteiger partial charge in [-0.15, -0.1) is 0 Å². The zero-order valence-corrected chi connectivity index (χ0v) is 11.7. The van der Waals surface area contributed by atoms with Crippen molar-refractivity contribution in [2.24, 2.45) is 0 Å². The number of hydrogen-bond donors (Lipinski definition) is 0. The molecule has 0 N–H and O–H groups in total. The highest BCUT2D eigenvalue weighted by molar-refractivity contribution is 14.1. The van der Waals surface area contributed by atoms with E-state index in [4.69, 9.17) is 0 Å². The summed E-state index contributed by atoms with van der Waals surface area (Å²) in [5.41, 5.74) is -7.73. The molecule has 0 aromatic carbocycles. The van der Waals surface area contributed by atoms with Gasteiger partial charge < -0.3 is 0 Å². The molecule has 0 bridgehead atoms. The summed E-state index contributed by atoms with van der Waals surface area (Å²) in [6.07, 6.45) is -15.2. The van der Waals surface area contributed by atoms with Gasteiger partial charge in [-0.3, -0.25) is 0 Å². The molecule has 0 aromatic heterocycles. The second-order valence-corrected chi connectivity index (χ2v) is 5.23. The molecule has 1 unspecified atom stereocenters. The molecule has 16 heteroatoms. The fraction of sp³-hybridized carbons (Fsp3) is 1.00. The molecular formula is C7F15I. The molecule has 1 atom stereocenters. The number of alkyl halides is 16. The maximum atomic E-state index is 13.2. The molecule has 0 nitrogen and oxygen atoms in total. The molecule has 0 fully saturated rings. The third-order valence-corrected chi connectivity index (χ3v) is 3.10. The van der Waals surface area contributed by atoms with Crippen molar-refractivity contribution >= 4 is 22.6 Å². The minimum atomic E-state index is -8.20. The second kappa shape index (κ2) is 5.34. The topological polar surface area (TPSA) is 0 Å². The summed E-state index contributed by atoms with van der Waals surface area (Å²) >= 11 is -1.07. The lowest BCUT2D eigenvalue weighted by atomic mass is 9.88. The van der Waals surface area contributed by atoms with Gasteiger partial charge in [0.05, 0.1) is 0 Å². The van der Waals surface area contributed by atoms with Crippen LogP contribution in [-0.2, 0) is 0 Å². The number of rotatable bonds is 4. The Hall–Kier alpha value is -0.320. The van der Waals surface area contributed by atoms with Crippen LogP contribution in [0.1, 0.15) is 0 Å². The van der Waals surface area contributed by atoms with Gasteiger partial charge in [0.15, 0.2) is 0 Å². The fourth-order valence-corrected chi connectivity index (χ4v) is 1.75. The predicted molar refractivity (Wildman–Crippen MR) is 49.8 cm³/mol. The Bertz CT molecular complexity index is 422. The highest BCUT2D eigenvalue weighted by Crippen LogP contribution is 2.64.